The number of nitrogens with one attached hydrogen (secondary N) is 2. The van der Waals surface area contributed by atoms with E-state index in [1.54, 1.807) is 6.20 Å². The number of pyridine rings is 1. The Bertz CT molecular complexity index is 859. The monoisotopic (exact) mass is 331 g/mol. The Kier molecular flexibility index (Phi) is 4.29. The Morgan fingerprint density at radius 2 is 1.92 bits per heavy atom. The van der Waals surface area contributed by atoms with Gasteiger partial charge in [-0.05, 0) is 37.5 Å². The lowest BCUT2D eigenvalue weighted by molar-refractivity contribution is 1.03. The van der Waals surface area contributed by atoms with Crippen LogP contribution in [0.25, 0.3) is 11.4 Å². The summed E-state index contributed by atoms with van der Waals surface area (Å²) >= 11 is 0. The van der Waals surface area contributed by atoms with Crippen molar-refractivity contribution < 1.29 is 0 Å². The van der Waals surface area contributed by atoms with Crippen LogP contribution in [-0.2, 0) is 6.54 Å². The van der Waals surface area contributed by atoms with Crippen molar-refractivity contribution in [3.05, 3.63) is 65.9 Å². The van der Waals surface area contributed by atoms with E-state index in [0.717, 1.165) is 23.8 Å². The number of aromatic nitrogens is 3. The van der Waals surface area contributed by atoms with Gasteiger partial charge in [-0.15, -0.1) is 0 Å². The average Bonchev–Trinajstić information content (AvgIpc) is 3.45. The summed E-state index contributed by atoms with van der Waals surface area (Å²) in [4.78, 5) is 13.7. The molecule has 2 aromatic heterocycles. The molecule has 5 nitrogen and oxygen atoms in total. The molecule has 0 saturated heterocycles. The lowest BCUT2D eigenvalue weighted by Crippen LogP contribution is -2.09. The lowest BCUT2D eigenvalue weighted by atomic mass is 10.1. The molecule has 1 fully saturated rings. The molecule has 0 bridgehead atoms. The van der Waals surface area contributed by atoms with Gasteiger partial charge in [0.25, 0.3) is 0 Å². The van der Waals surface area contributed by atoms with E-state index in [1.165, 1.54) is 24.0 Å². The molecule has 4 rings (SSSR count). The number of anilines is 2. The Hall–Kier alpha value is -2.95. The highest BCUT2D eigenvalue weighted by atomic mass is 15.2. The largest absolute Gasteiger partial charge is 0.366 e. The standard InChI is InChI=1S/C20H21N5/c1-14-5-4-6-15(11-14)13-22-19-12-18(17-7-2-3-10-21-17)24-20(25-19)23-16-8-9-16/h2-7,10-12,16H,8-9,13H2,1H3,(H2,22,23,24,25). The minimum absolute atomic E-state index is 0.503. The van der Waals surface area contributed by atoms with E-state index in [4.69, 9.17) is 0 Å². The van der Waals surface area contributed by atoms with Crippen molar-refractivity contribution in [1.29, 1.82) is 0 Å². The van der Waals surface area contributed by atoms with Crippen LogP contribution >= 0.6 is 0 Å². The maximum absolute atomic E-state index is 4.63. The van der Waals surface area contributed by atoms with E-state index in [9.17, 15) is 0 Å². The van der Waals surface area contributed by atoms with Gasteiger partial charge in [0.15, 0.2) is 0 Å². The van der Waals surface area contributed by atoms with Gasteiger partial charge in [-0.25, -0.2) is 4.98 Å². The van der Waals surface area contributed by atoms with Crippen LogP contribution in [0.4, 0.5) is 11.8 Å². The Balaban J connectivity index is 1.59. The number of hydrogen-bond donors (Lipinski definition) is 2. The number of benzene rings is 1. The molecule has 0 aliphatic heterocycles. The van der Waals surface area contributed by atoms with Crippen molar-refractivity contribution in [3.8, 4) is 11.4 Å². The first-order valence-electron chi connectivity index (χ1n) is 8.63. The number of nitrogens with zero attached hydrogens (tertiary/aromatic N) is 3. The molecule has 1 saturated carbocycles. The van der Waals surface area contributed by atoms with Crippen LogP contribution in [0.15, 0.2) is 54.7 Å². The summed E-state index contributed by atoms with van der Waals surface area (Å²) in [5.74, 6) is 1.47. The molecule has 0 radical (unpaired) electrons. The predicted molar refractivity (Wildman–Crippen MR) is 100 cm³/mol. The van der Waals surface area contributed by atoms with Crippen LogP contribution in [0.1, 0.15) is 24.0 Å². The van der Waals surface area contributed by atoms with Gasteiger partial charge in [0, 0.05) is 24.8 Å². The van der Waals surface area contributed by atoms with Gasteiger partial charge < -0.3 is 10.6 Å². The summed E-state index contributed by atoms with van der Waals surface area (Å²) in [5.41, 5.74) is 4.16. The first-order chi connectivity index (χ1) is 12.3. The fraction of sp³-hybridized carbons (Fsp3) is 0.250. The smallest absolute Gasteiger partial charge is 0.225 e. The molecule has 25 heavy (non-hydrogen) atoms. The van der Waals surface area contributed by atoms with Gasteiger partial charge in [-0.2, -0.15) is 4.98 Å². The Morgan fingerprint density at radius 1 is 1.00 bits per heavy atom. The molecule has 1 aliphatic rings. The van der Waals surface area contributed by atoms with E-state index in [2.05, 4.69) is 56.8 Å². The minimum atomic E-state index is 0.503. The zero-order valence-electron chi connectivity index (χ0n) is 14.2. The van der Waals surface area contributed by atoms with E-state index in [-0.39, 0.29) is 0 Å². The molecule has 126 valence electrons. The first-order valence-corrected chi connectivity index (χ1v) is 8.63. The lowest BCUT2D eigenvalue weighted by Gasteiger charge is -2.11. The molecule has 1 aliphatic carbocycles. The van der Waals surface area contributed by atoms with Crippen molar-refractivity contribution in [3.63, 3.8) is 0 Å². The molecular weight excluding hydrogens is 310 g/mol. The molecular formula is C20H21N5. The first kappa shape index (κ1) is 15.6. The predicted octanol–water partition coefficient (Wildman–Crippen LogP) is 4.03. The summed E-state index contributed by atoms with van der Waals surface area (Å²) in [5, 5.41) is 6.80. The fourth-order valence-corrected chi connectivity index (χ4v) is 2.67. The van der Waals surface area contributed by atoms with Gasteiger partial charge >= 0.3 is 0 Å². The van der Waals surface area contributed by atoms with Gasteiger partial charge in [-0.1, -0.05) is 35.9 Å². The van der Waals surface area contributed by atoms with Gasteiger partial charge in [0.2, 0.25) is 5.95 Å². The highest BCUT2D eigenvalue weighted by molar-refractivity contribution is 5.61. The van der Waals surface area contributed by atoms with Crippen LogP contribution < -0.4 is 10.6 Å². The van der Waals surface area contributed by atoms with E-state index >= 15 is 0 Å². The van der Waals surface area contributed by atoms with Crippen LogP contribution in [0.2, 0.25) is 0 Å². The maximum Gasteiger partial charge on any atom is 0.225 e. The second-order valence-electron chi connectivity index (χ2n) is 6.44. The molecule has 0 atom stereocenters. The van der Waals surface area contributed by atoms with Crippen LogP contribution in [0, 0.1) is 6.92 Å². The quantitative estimate of drug-likeness (QED) is 0.714. The van der Waals surface area contributed by atoms with Crippen molar-refractivity contribution in [2.45, 2.75) is 32.4 Å². The van der Waals surface area contributed by atoms with E-state index in [1.807, 2.05) is 24.3 Å². The summed E-state index contributed by atoms with van der Waals surface area (Å²) in [6.45, 7) is 2.83. The second kappa shape index (κ2) is 6.89. The minimum Gasteiger partial charge on any atom is -0.366 e. The Labute approximate surface area is 147 Å². The van der Waals surface area contributed by atoms with Crippen molar-refractivity contribution in [2.24, 2.45) is 0 Å². The normalized spacial score (nSPS) is 13.5. The summed E-state index contributed by atoms with van der Waals surface area (Å²) < 4.78 is 0. The molecule has 3 aromatic rings. The second-order valence-corrected chi connectivity index (χ2v) is 6.44. The fourth-order valence-electron chi connectivity index (χ4n) is 2.67. The van der Waals surface area contributed by atoms with Crippen molar-refractivity contribution >= 4 is 11.8 Å². The zero-order valence-corrected chi connectivity index (χ0v) is 14.2. The molecule has 0 spiro atoms. The average molecular weight is 331 g/mol. The maximum atomic E-state index is 4.63. The third kappa shape index (κ3) is 4.12. The molecule has 2 heterocycles. The summed E-state index contributed by atoms with van der Waals surface area (Å²) in [6, 6.07) is 16.8. The number of rotatable bonds is 6. The van der Waals surface area contributed by atoms with Crippen LogP contribution in [0.3, 0.4) is 0 Å². The van der Waals surface area contributed by atoms with E-state index < -0.39 is 0 Å². The summed E-state index contributed by atoms with van der Waals surface area (Å²) in [7, 11) is 0. The van der Waals surface area contributed by atoms with Gasteiger partial charge in [0.05, 0.1) is 11.4 Å². The molecule has 2 N–H and O–H groups in total. The molecule has 5 heteroatoms. The number of hydrogen-bond acceptors (Lipinski definition) is 5. The molecule has 0 amide bonds. The highest BCUT2D eigenvalue weighted by Gasteiger charge is 2.22. The molecule has 0 unspecified atom stereocenters. The Morgan fingerprint density at radius 3 is 2.68 bits per heavy atom. The third-order valence-electron chi connectivity index (χ3n) is 4.12. The number of aryl methyl sites for hydroxylation is 1. The van der Waals surface area contributed by atoms with Crippen molar-refractivity contribution in [2.75, 3.05) is 10.6 Å². The summed E-state index contributed by atoms with van der Waals surface area (Å²) in [6.07, 6.45) is 4.15. The molecule has 1 aromatic carbocycles. The van der Waals surface area contributed by atoms with Gasteiger partial charge in [0.1, 0.15) is 5.82 Å². The van der Waals surface area contributed by atoms with E-state index in [0.29, 0.717) is 12.0 Å². The van der Waals surface area contributed by atoms with Crippen molar-refractivity contribution in [1.82, 2.24) is 15.0 Å². The van der Waals surface area contributed by atoms with Gasteiger partial charge in [-0.3, -0.25) is 4.98 Å². The highest BCUT2D eigenvalue weighted by Crippen LogP contribution is 2.25. The van der Waals surface area contributed by atoms with Crippen LogP contribution in [0.5, 0.6) is 0 Å². The third-order valence-corrected chi connectivity index (χ3v) is 4.12. The van der Waals surface area contributed by atoms with Crippen LogP contribution in [-0.4, -0.2) is 21.0 Å². The zero-order chi connectivity index (χ0) is 17.1. The SMILES string of the molecule is Cc1cccc(CNc2cc(-c3ccccn3)nc(NC3CC3)n2)c1. The topological polar surface area (TPSA) is 62.7 Å².